The summed E-state index contributed by atoms with van der Waals surface area (Å²) in [5.74, 6) is 0.339. The molecule has 0 radical (unpaired) electrons. The summed E-state index contributed by atoms with van der Waals surface area (Å²) in [7, 11) is 0. The number of hydrogen-bond acceptors (Lipinski definition) is 1. The van der Waals surface area contributed by atoms with E-state index in [-0.39, 0.29) is 5.91 Å². The molecule has 3 nitrogen and oxygen atoms in total. The Hall–Kier alpha value is -2.52. The van der Waals surface area contributed by atoms with Gasteiger partial charge in [-0.25, -0.2) is 0 Å². The van der Waals surface area contributed by atoms with Gasteiger partial charge in [0.05, 0.1) is 0 Å². The Kier molecular flexibility index (Phi) is 5.71. The molecule has 1 aromatic heterocycles. The van der Waals surface area contributed by atoms with Gasteiger partial charge in [0, 0.05) is 29.0 Å². The van der Waals surface area contributed by atoms with Crippen LogP contribution in [-0.2, 0) is 13.1 Å². The molecule has 0 aliphatic carbocycles. The number of carbonyl (C=O) groups is 1. The number of halogens is 1. The number of nitrogens with zero attached hydrogens (tertiary/aromatic N) is 1. The van der Waals surface area contributed by atoms with Crippen LogP contribution in [0.3, 0.4) is 0 Å². The van der Waals surface area contributed by atoms with Gasteiger partial charge in [0.15, 0.2) is 0 Å². The first kappa shape index (κ1) is 19.2. The van der Waals surface area contributed by atoms with Gasteiger partial charge in [-0.1, -0.05) is 55.8 Å². The van der Waals surface area contributed by atoms with E-state index >= 15 is 0 Å². The molecule has 0 aliphatic heterocycles. The lowest BCUT2D eigenvalue weighted by Gasteiger charge is -2.11. The molecule has 2 aromatic carbocycles. The SMILES string of the molecule is C=CCn1c(C(=O)NCc2ccccc2Cl)c(C)c2cc(C(C)C)ccc21. The Bertz CT molecular complexity index is 1000. The first-order valence-corrected chi connectivity index (χ1v) is 9.57. The van der Waals surface area contributed by atoms with Crippen LogP contribution < -0.4 is 5.32 Å². The lowest BCUT2D eigenvalue weighted by Crippen LogP contribution is -2.26. The first-order chi connectivity index (χ1) is 12.9. The molecule has 3 aromatic rings. The molecular weight excluding hydrogens is 356 g/mol. The van der Waals surface area contributed by atoms with Gasteiger partial charge in [-0.05, 0) is 47.7 Å². The van der Waals surface area contributed by atoms with Gasteiger partial charge in [-0.15, -0.1) is 6.58 Å². The fourth-order valence-corrected chi connectivity index (χ4v) is 3.61. The van der Waals surface area contributed by atoms with Gasteiger partial charge < -0.3 is 9.88 Å². The average molecular weight is 381 g/mol. The van der Waals surface area contributed by atoms with Crippen molar-refractivity contribution in [2.75, 3.05) is 0 Å². The summed E-state index contributed by atoms with van der Waals surface area (Å²) in [4.78, 5) is 13.0. The van der Waals surface area contributed by atoms with Crippen LogP contribution in [0.2, 0.25) is 5.02 Å². The number of carbonyl (C=O) groups excluding carboxylic acids is 1. The van der Waals surface area contributed by atoms with Crippen molar-refractivity contribution in [1.82, 2.24) is 9.88 Å². The van der Waals surface area contributed by atoms with E-state index in [0.29, 0.717) is 29.7 Å². The van der Waals surface area contributed by atoms with Crippen molar-refractivity contribution in [3.05, 3.63) is 82.5 Å². The number of rotatable bonds is 6. The Labute approximate surface area is 165 Å². The summed E-state index contributed by atoms with van der Waals surface area (Å²) in [5, 5.41) is 4.79. The zero-order valence-electron chi connectivity index (χ0n) is 16.1. The molecular formula is C23H25ClN2O. The van der Waals surface area contributed by atoms with E-state index in [1.165, 1.54) is 5.56 Å². The highest BCUT2D eigenvalue weighted by molar-refractivity contribution is 6.31. The maximum atomic E-state index is 13.0. The number of nitrogens with one attached hydrogen (secondary N) is 1. The van der Waals surface area contributed by atoms with E-state index in [9.17, 15) is 4.79 Å². The molecule has 0 fully saturated rings. The summed E-state index contributed by atoms with van der Waals surface area (Å²) in [5.41, 5.74) is 4.89. The Balaban J connectivity index is 2.00. The lowest BCUT2D eigenvalue weighted by molar-refractivity contribution is 0.0942. The van der Waals surface area contributed by atoms with Crippen LogP contribution in [0.15, 0.2) is 55.1 Å². The molecule has 0 atom stereocenters. The van der Waals surface area contributed by atoms with Crippen molar-refractivity contribution in [2.45, 2.75) is 39.8 Å². The third-order valence-electron chi connectivity index (χ3n) is 4.93. The summed E-state index contributed by atoms with van der Waals surface area (Å²) in [6, 6.07) is 14.0. The van der Waals surface area contributed by atoms with Crippen molar-refractivity contribution in [3.8, 4) is 0 Å². The first-order valence-electron chi connectivity index (χ1n) is 9.19. The number of hydrogen-bond donors (Lipinski definition) is 1. The number of aryl methyl sites for hydroxylation is 1. The van der Waals surface area contributed by atoms with Crippen LogP contribution in [0, 0.1) is 6.92 Å². The van der Waals surface area contributed by atoms with E-state index in [2.05, 4.69) is 43.9 Å². The standard InChI is InChI=1S/C23H25ClN2O/c1-5-12-26-21-11-10-17(15(2)3)13-19(21)16(4)22(26)23(27)25-14-18-8-6-7-9-20(18)24/h5-11,13,15H,1,12,14H2,2-4H3,(H,25,27). The molecule has 0 saturated heterocycles. The van der Waals surface area contributed by atoms with Gasteiger partial charge in [0.1, 0.15) is 5.69 Å². The van der Waals surface area contributed by atoms with Gasteiger partial charge >= 0.3 is 0 Å². The van der Waals surface area contributed by atoms with Crippen LogP contribution in [0.25, 0.3) is 10.9 Å². The van der Waals surface area contributed by atoms with Gasteiger partial charge in [0.2, 0.25) is 0 Å². The lowest BCUT2D eigenvalue weighted by atomic mass is 10.0. The van der Waals surface area contributed by atoms with E-state index in [1.54, 1.807) is 0 Å². The van der Waals surface area contributed by atoms with Gasteiger partial charge in [0.25, 0.3) is 5.91 Å². The smallest absolute Gasteiger partial charge is 0.268 e. The molecule has 0 unspecified atom stereocenters. The highest BCUT2D eigenvalue weighted by Gasteiger charge is 2.20. The van der Waals surface area contributed by atoms with Crippen LogP contribution in [0.4, 0.5) is 0 Å². The molecule has 1 amide bonds. The number of amides is 1. The molecule has 3 rings (SSSR count). The molecule has 0 spiro atoms. The highest BCUT2D eigenvalue weighted by Crippen LogP contribution is 2.29. The van der Waals surface area contributed by atoms with E-state index in [0.717, 1.165) is 22.0 Å². The van der Waals surface area contributed by atoms with Crippen LogP contribution in [0.1, 0.15) is 46.9 Å². The summed E-state index contributed by atoms with van der Waals surface area (Å²) >= 11 is 6.21. The molecule has 1 N–H and O–H groups in total. The third kappa shape index (κ3) is 3.79. The zero-order chi connectivity index (χ0) is 19.6. The number of benzene rings is 2. The van der Waals surface area contributed by atoms with Crippen molar-refractivity contribution >= 4 is 28.4 Å². The van der Waals surface area contributed by atoms with Gasteiger partial charge in [-0.2, -0.15) is 0 Å². The topological polar surface area (TPSA) is 34.0 Å². The third-order valence-corrected chi connectivity index (χ3v) is 5.30. The fourth-order valence-electron chi connectivity index (χ4n) is 3.41. The van der Waals surface area contributed by atoms with Gasteiger partial charge in [-0.3, -0.25) is 4.79 Å². The van der Waals surface area contributed by atoms with Crippen molar-refractivity contribution in [1.29, 1.82) is 0 Å². The summed E-state index contributed by atoms with van der Waals surface area (Å²) < 4.78 is 2.03. The molecule has 1 heterocycles. The van der Waals surface area contributed by atoms with Crippen LogP contribution >= 0.6 is 11.6 Å². The fraction of sp³-hybridized carbons (Fsp3) is 0.261. The molecule has 27 heavy (non-hydrogen) atoms. The molecule has 0 aliphatic rings. The second-order valence-electron chi connectivity index (χ2n) is 7.08. The van der Waals surface area contributed by atoms with Crippen molar-refractivity contribution in [3.63, 3.8) is 0 Å². The van der Waals surface area contributed by atoms with Crippen molar-refractivity contribution in [2.24, 2.45) is 0 Å². The Morgan fingerprint density at radius 3 is 2.67 bits per heavy atom. The van der Waals surface area contributed by atoms with E-state index in [4.69, 9.17) is 11.6 Å². The molecule has 0 bridgehead atoms. The number of fused-ring (bicyclic) bond motifs is 1. The summed E-state index contributed by atoms with van der Waals surface area (Å²) in [6.45, 7) is 11.2. The summed E-state index contributed by atoms with van der Waals surface area (Å²) in [6.07, 6.45) is 1.82. The average Bonchev–Trinajstić information content (AvgIpc) is 2.93. The quantitative estimate of drug-likeness (QED) is 0.535. The predicted octanol–water partition coefficient (Wildman–Crippen LogP) is 5.84. The largest absolute Gasteiger partial charge is 0.347 e. The zero-order valence-corrected chi connectivity index (χ0v) is 16.8. The maximum absolute atomic E-state index is 13.0. The van der Waals surface area contributed by atoms with E-state index < -0.39 is 0 Å². The minimum atomic E-state index is -0.100. The number of allylic oxidation sites excluding steroid dienone is 1. The Morgan fingerprint density at radius 1 is 1.26 bits per heavy atom. The van der Waals surface area contributed by atoms with Crippen LogP contribution in [0.5, 0.6) is 0 Å². The normalized spacial score (nSPS) is 11.1. The molecule has 140 valence electrons. The highest BCUT2D eigenvalue weighted by atomic mass is 35.5. The minimum Gasteiger partial charge on any atom is -0.347 e. The maximum Gasteiger partial charge on any atom is 0.268 e. The second-order valence-corrected chi connectivity index (χ2v) is 7.49. The molecule has 0 saturated carbocycles. The molecule has 4 heteroatoms. The predicted molar refractivity (Wildman–Crippen MR) is 114 cm³/mol. The monoisotopic (exact) mass is 380 g/mol. The van der Waals surface area contributed by atoms with E-state index in [1.807, 2.05) is 41.8 Å². The number of aromatic nitrogens is 1. The minimum absolute atomic E-state index is 0.100. The Morgan fingerprint density at radius 2 is 2.00 bits per heavy atom. The second kappa shape index (κ2) is 8.01. The van der Waals surface area contributed by atoms with Crippen molar-refractivity contribution < 1.29 is 4.79 Å². The van der Waals surface area contributed by atoms with Crippen LogP contribution in [-0.4, -0.2) is 10.5 Å².